The molecule has 4 heteroatoms. The Bertz CT molecular complexity index is 700. The van der Waals surface area contributed by atoms with Crippen LogP contribution in [0.2, 0.25) is 5.02 Å². The molecule has 1 atom stereocenters. The highest BCUT2D eigenvalue weighted by atomic mass is 35.5. The summed E-state index contributed by atoms with van der Waals surface area (Å²) in [7, 11) is 1.63. The zero-order chi connectivity index (χ0) is 17.7. The second-order valence-corrected chi connectivity index (χ2v) is 6.45. The average Bonchev–Trinajstić information content (AvgIpc) is 2.55. The predicted molar refractivity (Wildman–Crippen MR) is 101 cm³/mol. The van der Waals surface area contributed by atoms with Crippen LogP contribution in [-0.4, -0.2) is 20.3 Å². The van der Waals surface area contributed by atoms with E-state index in [1.54, 1.807) is 7.11 Å². The van der Waals surface area contributed by atoms with Crippen LogP contribution in [0, 0.1) is 13.8 Å². The predicted octanol–water partition coefficient (Wildman–Crippen LogP) is 4.65. The number of ether oxygens (including phenoxy) is 2. The van der Waals surface area contributed by atoms with Crippen molar-refractivity contribution in [2.75, 3.05) is 20.3 Å². The van der Waals surface area contributed by atoms with Gasteiger partial charge in [-0.05, 0) is 62.6 Å². The molecule has 2 rings (SSSR count). The zero-order valence-electron chi connectivity index (χ0n) is 14.9. The highest BCUT2D eigenvalue weighted by Crippen LogP contribution is 2.37. The van der Waals surface area contributed by atoms with Crippen molar-refractivity contribution < 1.29 is 9.47 Å². The van der Waals surface area contributed by atoms with Gasteiger partial charge in [-0.25, -0.2) is 0 Å². The molecule has 0 fully saturated rings. The van der Waals surface area contributed by atoms with Gasteiger partial charge in [-0.2, -0.15) is 0 Å². The van der Waals surface area contributed by atoms with E-state index >= 15 is 0 Å². The summed E-state index contributed by atoms with van der Waals surface area (Å²) < 4.78 is 11.0. The van der Waals surface area contributed by atoms with E-state index < -0.39 is 0 Å². The monoisotopic (exact) mass is 347 g/mol. The first-order valence-corrected chi connectivity index (χ1v) is 8.64. The van der Waals surface area contributed by atoms with Gasteiger partial charge in [0, 0.05) is 5.92 Å². The maximum absolute atomic E-state index is 6.38. The molecule has 0 aromatic heterocycles. The topological polar surface area (TPSA) is 44.5 Å². The summed E-state index contributed by atoms with van der Waals surface area (Å²) in [5, 5.41) is 0.572. The van der Waals surface area contributed by atoms with Gasteiger partial charge in [0.05, 0.1) is 18.7 Å². The van der Waals surface area contributed by atoms with Crippen molar-refractivity contribution in [2.24, 2.45) is 5.73 Å². The SMILES string of the molecule is CCOc1c(Cl)cc(CC(CN)c2ccc(C)cc2C)cc1OC. The number of methoxy groups -OCH3 is 1. The van der Waals surface area contributed by atoms with Crippen molar-refractivity contribution in [2.45, 2.75) is 33.1 Å². The normalized spacial score (nSPS) is 12.1. The maximum Gasteiger partial charge on any atom is 0.179 e. The first kappa shape index (κ1) is 18.6. The van der Waals surface area contributed by atoms with Gasteiger partial charge in [0.25, 0.3) is 0 Å². The fourth-order valence-corrected chi connectivity index (χ4v) is 3.35. The third-order valence-electron chi connectivity index (χ3n) is 4.21. The highest BCUT2D eigenvalue weighted by Gasteiger charge is 2.17. The van der Waals surface area contributed by atoms with Crippen LogP contribution in [-0.2, 0) is 6.42 Å². The molecule has 0 aliphatic heterocycles. The fourth-order valence-electron chi connectivity index (χ4n) is 3.06. The van der Waals surface area contributed by atoms with Crippen LogP contribution < -0.4 is 15.2 Å². The number of rotatable bonds is 7. The van der Waals surface area contributed by atoms with Gasteiger partial charge in [-0.3, -0.25) is 0 Å². The molecule has 0 spiro atoms. The van der Waals surface area contributed by atoms with Crippen LogP contribution in [0.5, 0.6) is 11.5 Å². The van der Waals surface area contributed by atoms with Gasteiger partial charge < -0.3 is 15.2 Å². The first-order chi connectivity index (χ1) is 11.5. The lowest BCUT2D eigenvalue weighted by Crippen LogP contribution is -2.16. The molecular weight excluding hydrogens is 322 g/mol. The van der Waals surface area contributed by atoms with E-state index in [0.717, 1.165) is 12.0 Å². The third kappa shape index (κ3) is 4.22. The summed E-state index contributed by atoms with van der Waals surface area (Å²) in [5.74, 6) is 1.50. The lowest BCUT2D eigenvalue weighted by atomic mass is 9.88. The molecule has 3 nitrogen and oxygen atoms in total. The molecular formula is C20H26ClNO2. The van der Waals surface area contributed by atoms with Gasteiger partial charge in [0.2, 0.25) is 0 Å². The van der Waals surface area contributed by atoms with Crippen molar-refractivity contribution in [3.63, 3.8) is 0 Å². The van der Waals surface area contributed by atoms with Crippen LogP contribution in [0.3, 0.4) is 0 Å². The summed E-state index contributed by atoms with van der Waals surface area (Å²) in [4.78, 5) is 0. The smallest absolute Gasteiger partial charge is 0.179 e. The first-order valence-electron chi connectivity index (χ1n) is 8.26. The van der Waals surface area contributed by atoms with Gasteiger partial charge >= 0.3 is 0 Å². The molecule has 0 aliphatic carbocycles. The van der Waals surface area contributed by atoms with E-state index in [-0.39, 0.29) is 5.92 Å². The Morgan fingerprint density at radius 3 is 2.50 bits per heavy atom. The Morgan fingerprint density at radius 1 is 1.17 bits per heavy atom. The molecule has 2 aromatic carbocycles. The molecule has 0 aliphatic rings. The van der Waals surface area contributed by atoms with Crippen LogP contribution in [0.1, 0.15) is 35.1 Å². The summed E-state index contributed by atoms with van der Waals surface area (Å²) in [5.41, 5.74) is 11.0. The quantitative estimate of drug-likeness (QED) is 0.792. The van der Waals surface area contributed by atoms with E-state index in [0.29, 0.717) is 29.7 Å². The molecule has 0 heterocycles. The second-order valence-electron chi connectivity index (χ2n) is 6.04. The van der Waals surface area contributed by atoms with E-state index in [4.69, 9.17) is 26.8 Å². The standard InChI is InChI=1S/C20H26ClNO2/c1-5-24-20-18(21)10-15(11-19(20)23-4)9-16(12-22)17-7-6-13(2)8-14(17)3/h6-8,10-11,16H,5,9,12,22H2,1-4H3. The maximum atomic E-state index is 6.38. The number of hydrogen-bond acceptors (Lipinski definition) is 3. The molecule has 130 valence electrons. The van der Waals surface area contributed by atoms with Crippen molar-refractivity contribution in [1.29, 1.82) is 0 Å². The van der Waals surface area contributed by atoms with E-state index in [2.05, 4.69) is 32.0 Å². The number of aryl methyl sites for hydroxylation is 2. The van der Waals surface area contributed by atoms with E-state index in [1.165, 1.54) is 16.7 Å². The lowest BCUT2D eigenvalue weighted by molar-refractivity contribution is 0.311. The molecule has 24 heavy (non-hydrogen) atoms. The zero-order valence-corrected chi connectivity index (χ0v) is 15.6. The molecule has 0 radical (unpaired) electrons. The van der Waals surface area contributed by atoms with Crippen LogP contribution in [0.25, 0.3) is 0 Å². The Morgan fingerprint density at radius 2 is 1.92 bits per heavy atom. The molecule has 2 N–H and O–H groups in total. The Labute approximate surface area is 149 Å². The van der Waals surface area contributed by atoms with Crippen LogP contribution >= 0.6 is 11.6 Å². The largest absolute Gasteiger partial charge is 0.493 e. The Balaban J connectivity index is 2.32. The highest BCUT2D eigenvalue weighted by molar-refractivity contribution is 6.32. The number of hydrogen-bond donors (Lipinski definition) is 1. The van der Waals surface area contributed by atoms with Crippen molar-refractivity contribution >= 4 is 11.6 Å². The van der Waals surface area contributed by atoms with Crippen LogP contribution in [0.15, 0.2) is 30.3 Å². The number of halogens is 1. The van der Waals surface area contributed by atoms with Gasteiger partial charge in [-0.15, -0.1) is 0 Å². The molecule has 0 saturated heterocycles. The van der Waals surface area contributed by atoms with Gasteiger partial charge in [0.1, 0.15) is 0 Å². The number of benzene rings is 2. The van der Waals surface area contributed by atoms with E-state index in [9.17, 15) is 0 Å². The molecule has 0 bridgehead atoms. The lowest BCUT2D eigenvalue weighted by Gasteiger charge is -2.20. The minimum Gasteiger partial charge on any atom is -0.493 e. The summed E-state index contributed by atoms with van der Waals surface area (Å²) in [6, 6.07) is 10.4. The molecule has 0 saturated carbocycles. The second kappa shape index (κ2) is 8.41. The summed E-state index contributed by atoms with van der Waals surface area (Å²) in [6.45, 7) is 7.29. The average molecular weight is 348 g/mol. The van der Waals surface area contributed by atoms with E-state index in [1.807, 2.05) is 19.1 Å². The summed E-state index contributed by atoms with van der Waals surface area (Å²) >= 11 is 6.38. The number of nitrogens with two attached hydrogens (primary N) is 1. The minimum absolute atomic E-state index is 0.240. The van der Waals surface area contributed by atoms with Crippen LogP contribution in [0.4, 0.5) is 0 Å². The Hall–Kier alpha value is -1.71. The van der Waals surface area contributed by atoms with Crippen molar-refractivity contribution in [3.8, 4) is 11.5 Å². The van der Waals surface area contributed by atoms with Crippen molar-refractivity contribution in [3.05, 3.63) is 57.6 Å². The van der Waals surface area contributed by atoms with Gasteiger partial charge in [-0.1, -0.05) is 35.4 Å². The molecule has 2 aromatic rings. The molecule has 0 amide bonds. The van der Waals surface area contributed by atoms with Gasteiger partial charge in [0.15, 0.2) is 11.5 Å². The fraction of sp³-hybridized carbons (Fsp3) is 0.400. The Kier molecular flexibility index (Phi) is 6.52. The third-order valence-corrected chi connectivity index (χ3v) is 4.49. The molecule has 1 unspecified atom stereocenters. The minimum atomic E-state index is 0.240. The van der Waals surface area contributed by atoms with Crippen molar-refractivity contribution in [1.82, 2.24) is 0 Å². The summed E-state index contributed by atoms with van der Waals surface area (Å²) in [6.07, 6.45) is 0.808.